The van der Waals surface area contributed by atoms with Crippen molar-refractivity contribution in [3.8, 4) is 0 Å². The smallest absolute Gasteiger partial charge is 0.0532 e. The third-order valence-corrected chi connectivity index (χ3v) is 4.17. The summed E-state index contributed by atoms with van der Waals surface area (Å²) in [5, 5.41) is 0. The highest BCUT2D eigenvalue weighted by atomic mass is 32.2. The van der Waals surface area contributed by atoms with Crippen LogP contribution in [0.15, 0.2) is 29.2 Å². The van der Waals surface area contributed by atoms with Crippen molar-refractivity contribution in [3.05, 3.63) is 29.8 Å². The fourth-order valence-electron chi connectivity index (χ4n) is 1.79. The van der Waals surface area contributed by atoms with Gasteiger partial charge in [0.05, 0.1) is 10.8 Å². The Morgan fingerprint density at radius 2 is 2.07 bits per heavy atom. The molecule has 0 spiro atoms. The Bertz CT molecular complexity index is 351. The molecule has 0 amide bonds. The Hall–Kier alpha value is -0.670. The first kappa shape index (κ1) is 9.87. The van der Waals surface area contributed by atoms with E-state index in [2.05, 4.69) is 6.07 Å². The SMILES string of the molecule is NC1CCc2ccccc2S(=O)CC1. The van der Waals surface area contributed by atoms with E-state index in [0.717, 1.165) is 24.2 Å². The fraction of sp³-hybridized carbons (Fsp3) is 0.455. The summed E-state index contributed by atoms with van der Waals surface area (Å²) in [6.07, 6.45) is 2.85. The first-order valence-corrected chi connectivity index (χ1v) is 6.31. The molecule has 2 nitrogen and oxygen atoms in total. The highest BCUT2D eigenvalue weighted by molar-refractivity contribution is 7.85. The van der Waals surface area contributed by atoms with Gasteiger partial charge in [-0.2, -0.15) is 0 Å². The van der Waals surface area contributed by atoms with Crippen LogP contribution in [0.25, 0.3) is 0 Å². The number of nitrogens with two attached hydrogens (primary N) is 1. The van der Waals surface area contributed by atoms with E-state index in [0.29, 0.717) is 5.75 Å². The molecule has 1 aliphatic heterocycles. The molecule has 0 bridgehead atoms. The lowest BCUT2D eigenvalue weighted by Crippen LogP contribution is -2.25. The summed E-state index contributed by atoms with van der Waals surface area (Å²) in [6, 6.07) is 8.21. The van der Waals surface area contributed by atoms with Crippen molar-refractivity contribution in [1.82, 2.24) is 0 Å². The fourth-order valence-corrected chi connectivity index (χ4v) is 3.22. The quantitative estimate of drug-likeness (QED) is 0.703. The average molecular weight is 209 g/mol. The van der Waals surface area contributed by atoms with Gasteiger partial charge in [-0.25, -0.2) is 0 Å². The Kier molecular flexibility index (Phi) is 2.99. The van der Waals surface area contributed by atoms with E-state index in [4.69, 9.17) is 5.73 Å². The Balaban J connectivity index is 2.33. The summed E-state index contributed by atoms with van der Waals surface area (Å²) >= 11 is 0. The van der Waals surface area contributed by atoms with Crippen LogP contribution in [0.5, 0.6) is 0 Å². The van der Waals surface area contributed by atoms with Gasteiger partial charge in [0.25, 0.3) is 0 Å². The molecule has 1 aromatic carbocycles. The summed E-state index contributed by atoms with van der Waals surface area (Å²) in [5.74, 6) is 0.707. The molecular weight excluding hydrogens is 194 g/mol. The lowest BCUT2D eigenvalue weighted by Gasteiger charge is -2.17. The molecule has 1 heterocycles. The van der Waals surface area contributed by atoms with Crippen LogP contribution in [0, 0.1) is 0 Å². The largest absolute Gasteiger partial charge is 0.328 e. The monoisotopic (exact) mass is 209 g/mol. The van der Waals surface area contributed by atoms with Crippen LogP contribution >= 0.6 is 0 Å². The van der Waals surface area contributed by atoms with Crippen molar-refractivity contribution in [2.75, 3.05) is 5.75 Å². The van der Waals surface area contributed by atoms with Gasteiger partial charge in [-0.1, -0.05) is 18.2 Å². The van der Waals surface area contributed by atoms with E-state index >= 15 is 0 Å². The lowest BCUT2D eigenvalue weighted by molar-refractivity contribution is 0.583. The van der Waals surface area contributed by atoms with Crippen molar-refractivity contribution >= 4 is 10.8 Å². The van der Waals surface area contributed by atoms with E-state index < -0.39 is 10.8 Å². The molecule has 2 unspecified atom stereocenters. The molecule has 2 N–H and O–H groups in total. The second-order valence-corrected chi connectivity index (χ2v) is 5.28. The predicted molar refractivity (Wildman–Crippen MR) is 58.6 cm³/mol. The Morgan fingerprint density at radius 1 is 1.29 bits per heavy atom. The Labute approximate surface area is 87.0 Å². The van der Waals surface area contributed by atoms with Gasteiger partial charge in [0.1, 0.15) is 0 Å². The first-order valence-electron chi connectivity index (χ1n) is 4.99. The van der Waals surface area contributed by atoms with E-state index in [1.165, 1.54) is 5.56 Å². The maximum Gasteiger partial charge on any atom is 0.0532 e. The third-order valence-electron chi connectivity index (χ3n) is 2.68. The molecule has 76 valence electrons. The molecule has 0 radical (unpaired) electrons. The number of rotatable bonds is 0. The van der Waals surface area contributed by atoms with E-state index in [9.17, 15) is 4.21 Å². The Morgan fingerprint density at radius 3 is 2.93 bits per heavy atom. The zero-order valence-corrected chi connectivity index (χ0v) is 8.93. The van der Waals surface area contributed by atoms with Gasteiger partial charge in [-0.3, -0.25) is 4.21 Å². The van der Waals surface area contributed by atoms with Gasteiger partial charge in [0.15, 0.2) is 0 Å². The summed E-state index contributed by atoms with van der Waals surface area (Å²) in [6.45, 7) is 0. The van der Waals surface area contributed by atoms with E-state index in [1.807, 2.05) is 18.2 Å². The highest BCUT2D eigenvalue weighted by Gasteiger charge is 2.15. The normalized spacial score (nSPS) is 27.5. The molecule has 0 saturated heterocycles. The summed E-state index contributed by atoms with van der Waals surface area (Å²) in [7, 11) is -0.844. The minimum Gasteiger partial charge on any atom is -0.328 e. The molecule has 0 aliphatic carbocycles. The van der Waals surface area contributed by atoms with Crippen LogP contribution in [-0.2, 0) is 17.2 Å². The van der Waals surface area contributed by atoms with Gasteiger partial charge in [-0.05, 0) is 30.9 Å². The number of fused-ring (bicyclic) bond motifs is 1. The van der Waals surface area contributed by atoms with Crippen LogP contribution in [0.2, 0.25) is 0 Å². The van der Waals surface area contributed by atoms with E-state index in [-0.39, 0.29) is 6.04 Å². The van der Waals surface area contributed by atoms with Crippen molar-refractivity contribution in [3.63, 3.8) is 0 Å². The lowest BCUT2D eigenvalue weighted by atomic mass is 10.0. The van der Waals surface area contributed by atoms with Gasteiger partial charge in [0.2, 0.25) is 0 Å². The van der Waals surface area contributed by atoms with Crippen molar-refractivity contribution in [2.24, 2.45) is 5.73 Å². The predicted octanol–water partition coefficient (Wildman–Crippen LogP) is 1.46. The number of aryl methyl sites for hydroxylation is 1. The molecule has 3 heteroatoms. The molecule has 2 atom stereocenters. The van der Waals surface area contributed by atoms with Gasteiger partial charge in [0, 0.05) is 16.7 Å². The molecule has 0 saturated carbocycles. The summed E-state index contributed by atoms with van der Waals surface area (Å²) in [4.78, 5) is 1.01. The van der Waals surface area contributed by atoms with Crippen LogP contribution < -0.4 is 5.73 Å². The molecular formula is C11H15NOS. The van der Waals surface area contributed by atoms with Crippen LogP contribution in [0.4, 0.5) is 0 Å². The van der Waals surface area contributed by atoms with Gasteiger partial charge in [-0.15, -0.1) is 0 Å². The van der Waals surface area contributed by atoms with Crippen molar-refractivity contribution < 1.29 is 4.21 Å². The van der Waals surface area contributed by atoms with Crippen LogP contribution in [-0.4, -0.2) is 16.0 Å². The maximum absolute atomic E-state index is 11.9. The van der Waals surface area contributed by atoms with Crippen molar-refractivity contribution in [2.45, 2.75) is 30.2 Å². The van der Waals surface area contributed by atoms with E-state index in [1.54, 1.807) is 0 Å². The summed E-state index contributed by atoms with van der Waals surface area (Å²) < 4.78 is 11.9. The third kappa shape index (κ3) is 2.04. The molecule has 1 aromatic rings. The topological polar surface area (TPSA) is 43.1 Å². The molecule has 0 aromatic heterocycles. The molecule has 1 aliphatic rings. The molecule has 14 heavy (non-hydrogen) atoms. The number of hydrogen-bond donors (Lipinski definition) is 1. The zero-order valence-electron chi connectivity index (χ0n) is 8.11. The average Bonchev–Trinajstić information content (AvgIpc) is 2.21. The minimum atomic E-state index is -0.844. The standard InChI is InChI=1S/C11H15NOS/c12-10-6-5-9-3-1-2-4-11(9)14(13)8-7-10/h1-4,10H,5-8,12H2. The van der Waals surface area contributed by atoms with Gasteiger partial charge >= 0.3 is 0 Å². The zero-order chi connectivity index (χ0) is 9.97. The number of hydrogen-bond acceptors (Lipinski definition) is 2. The van der Waals surface area contributed by atoms with Crippen LogP contribution in [0.3, 0.4) is 0 Å². The second-order valence-electron chi connectivity index (χ2n) is 3.74. The molecule has 0 fully saturated rings. The maximum atomic E-state index is 11.9. The molecule has 2 rings (SSSR count). The first-order chi connectivity index (χ1) is 6.77. The summed E-state index contributed by atoms with van der Waals surface area (Å²) in [5.41, 5.74) is 7.10. The van der Waals surface area contributed by atoms with Crippen molar-refractivity contribution in [1.29, 1.82) is 0 Å². The second kappa shape index (κ2) is 4.24. The highest BCUT2D eigenvalue weighted by Crippen LogP contribution is 2.20. The van der Waals surface area contributed by atoms with Crippen LogP contribution in [0.1, 0.15) is 18.4 Å². The minimum absolute atomic E-state index is 0.215. The van der Waals surface area contributed by atoms with Gasteiger partial charge < -0.3 is 5.73 Å². The number of benzene rings is 1.